The molecule has 0 saturated heterocycles. The fourth-order valence-corrected chi connectivity index (χ4v) is 1.70. The van der Waals surface area contributed by atoms with Crippen molar-refractivity contribution in [2.45, 2.75) is 26.7 Å². The molecule has 2 heterocycles. The minimum atomic E-state index is 0.562. The van der Waals surface area contributed by atoms with Crippen molar-refractivity contribution in [3.8, 4) is 0 Å². The van der Waals surface area contributed by atoms with Gasteiger partial charge in [-0.1, -0.05) is 19.1 Å². The van der Waals surface area contributed by atoms with Gasteiger partial charge in [-0.3, -0.25) is 4.98 Å². The van der Waals surface area contributed by atoms with Gasteiger partial charge < -0.3 is 5.32 Å². The van der Waals surface area contributed by atoms with Gasteiger partial charge in [0.2, 0.25) is 0 Å². The molecule has 1 aromatic heterocycles. The Bertz CT molecular complexity index is 471. The average Bonchev–Trinajstić information content (AvgIpc) is 2.51. The van der Waals surface area contributed by atoms with Crippen molar-refractivity contribution in [1.82, 2.24) is 15.3 Å². The van der Waals surface area contributed by atoms with Crippen LogP contribution in [0.1, 0.15) is 31.2 Å². The quantitative estimate of drug-likeness (QED) is 0.867. The van der Waals surface area contributed by atoms with Crippen LogP contribution < -0.4 is 5.32 Å². The Labute approximate surface area is 108 Å². The van der Waals surface area contributed by atoms with Gasteiger partial charge in [-0.05, 0) is 31.9 Å². The van der Waals surface area contributed by atoms with Crippen LogP contribution >= 0.6 is 0 Å². The highest BCUT2D eigenvalue weighted by Gasteiger charge is 2.05. The number of hydrogen-bond acceptors (Lipinski definition) is 4. The molecule has 1 aliphatic heterocycles. The van der Waals surface area contributed by atoms with Crippen molar-refractivity contribution >= 4 is 5.84 Å². The maximum Gasteiger partial charge on any atom is 0.157 e. The van der Waals surface area contributed by atoms with Crippen LogP contribution in [0.25, 0.3) is 0 Å². The third kappa shape index (κ3) is 3.26. The topological polar surface area (TPSA) is 50.2 Å². The third-order valence-electron chi connectivity index (χ3n) is 2.88. The Morgan fingerprint density at radius 2 is 2.22 bits per heavy atom. The smallest absolute Gasteiger partial charge is 0.157 e. The van der Waals surface area contributed by atoms with Gasteiger partial charge in [0.25, 0.3) is 0 Å². The van der Waals surface area contributed by atoms with Crippen LogP contribution in [0.3, 0.4) is 0 Å². The maximum absolute atomic E-state index is 4.38. The molecule has 94 valence electrons. The fraction of sp³-hybridized carbons (Fsp3) is 0.357. The van der Waals surface area contributed by atoms with Gasteiger partial charge in [0.15, 0.2) is 5.84 Å². The number of allylic oxidation sites excluding steroid dienone is 2. The third-order valence-corrected chi connectivity index (χ3v) is 2.88. The van der Waals surface area contributed by atoms with E-state index < -0.39 is 0 Å². The van der Waals surface area contributed by atoms with E-state index in [4.69, 9.17) is 0 Å². The summed E-state index contributed by atoms with van der Waals surface area (Å²) in [6.45, 7) is 4.11. The first-order chi connectivity index (χ1) is 8.79. The summed E-state index contributed by atoms with van der Waals surface area (Å²) in [4.78, 5) is 12.9. The molecule has 0 fully saturated rings. The second-order valence-electron chi connectivity index (χ2n) is 4.31. The van der Waals surface area contributed by atoms with Gasteiger partial charge in [0.05, 0.1) is 11.9 Å². The van der Waals surface area contributed by atoms with Crippen LogP contribution in [-0.4, -0.2) is 15.8 Å². The molecule has 0 radical (unpaired) electrons. The van der Waals surface area contributed by atoms with Gasteiger partial charge in [-0.25, -0.2) is 9.98 Å². The molecule has 0 aromatic carbocycles. The second-order valence-corrected chi connectivity index (χ2v) is 4.31. The monoisotopic (exact) mass is 242 g/mol. The van der Waals surface area contributed by atoms with E-state index >= 15 is 0 Å². The molecule has 0 bridgehead atoms. The van der Waals surface area contributed by atoms with Crippen molar-refractivity contribution in [2.75, 3.05) is 0 Å². The molecule has 0 saturated carbocycles. The van der Waals surface area contributed by atoms with Crippen LogP contribution in [0, 0.1) is 12.8 Å². The molecule has 4 nitrogen and oxygen atoms in total. The molecule has 1 unspecified atom stereocenters. The zero-order valence-corrected chi connectivity index (χ0v) is 10.8. The van der Waals surface area contributed by atoms with Crippen LogP contribution in [0.5, 0.6) is 0 Å². The van der Waals surface area contributed by atoms with E-state index in [1.807, 2.05) is 19.3 Å². The molecule has 4 heteroatoms. The summed E-state index contributed by atoms with van der Waals surface area (Å²) in [6, 6.07) is 0. The summed E-state index contributed by atoms with van der Waals surface area (Å²) >= 11 is 0. The van der Waals surface area contributed by atoms with E-state index in [1.165, 1.54) is 0 Å². The number of aryl methyl sites for hydroxylation is 1. The summed E-state index contributed by atoms with van der Waals surface area (Å²) in [7, 11) is 0. The van der Waals surface area contributed by atoms with E-state index in [2.05, 4.69) is 39.4 Å². The van der Waals surface area contributed by atoms with Crippen LogP contribution in [-0.2, 0) is 0 Å². The summed E-state index contributed by atoms with van der Waals surface area (Å²) in [5, 5.41) is 3.18. The van der Waals surface area contributed by atoms with Crippen molar-refractivity contribution in [3.63, 3.8) is 0 Å². The minimum Gasteiger partial charge on any atom is -0.345 e. The Hall–Kier alpha value is -1.97. The standard InChI is InChI=1S/C14H18N4/c1-3-12-5-4-7-15-14(16-8-6-12)13-10-17-11(2)9-18-13/h4,6-10,12H,3,5H2,1-2H3,(H,15,16)/b7-4+,8-6+. The first-order valence-electron chi connectivity index (χ1n) is 6.24. The number of hydrogen-bond donors (Lipinski definition) is 1. The van der Waals surface area contributed by atoms with E-state index in [9.17, 15) is 0 Å². The second kappa shape index (κ2) is 6.10. The predicted molar refractivity (Wildman–Crippen MR) is 73.1 cm³/mol. The SMILES string of the molecule is CCC1/C=C/NC(c2cnc(C)cn2)=N/C=C/C1. The first kappa shape index (κ1) is 12.5. The zero-order valence-electron chi connectivity index (χ0n) is 10.8. The van der Waals surface area contributed by atoms with Crippen LogP contribution in [0.4, 0.5) is 0 Å². The number of rotatable bonds is 2. The Kier molecular flexibility index (Phi) is 4.23. The molecule has 0 spiro atoms. The van der Waals surface area contributed by atoms with Gasteiger partial charge in [0, 0.05) is 12.4 Å². The van der Waals surface area contributed by atoms with Gasteiger partial charge in [0.1, 0.15) is 5.69 Å². The van der Waals surface area contributed by atoms with E-state index in [0.29, 0.717) is 5.92 Å². The highest BCUT2D eigenvalue weighted by molar-refractivity contribution is 5.97. The van der Waals surface area contributed by atoms with Crippen LogP contribution in [0.2, 0.25) is 0 Å². The normalized spacial score (nSPS) is 23.0. The van der Waals surface area contributed by atoms with Crippen molar-refractivity contribution in [3.05, 3.63) is 48.3 Å². The maximum atomic E-state index is 4.38. The van der Waals surface area contributed by atoms with Gasteiger partial charge in [-0.2, -0.15) is 0 Å². The Balaban J connectivity index is 2.20. The number of nitrogens with zero attached hydrogens (tertiary/aromatic N) is 3. The molecule has 1 atom stereocenters. The van der Waals surface area contributed by atoms with Gasteiger partial charge >= 0.3 is 0 Å². The molecule has 18 heavy (non-hydrogen) atoms. The molecular weight excluding hydrogens is 224 g/mol. The molecule has 0 amide bonds. The van der Waals surface area contributed by atoms with Crippen LogP contribution in [0.15, 0.2) is 41.9 Å². The average molecular weight is 242 g/mol. The molecule has 1 N–H and O–H groups in total. The summed E-state index contributed by atoms with van der Waals surface area (Å²) < 4.78 is 0. The largest absolute Gasteiger partial charge is 0.345 e. The number of aromatic nitrogens is 2. The molecule has 2 rings (SSSR count). The lowest BCUT2D eigenvalue weighted by atomic mass is 10.0. The van der Waals surface area contributed by atoms with E-state index in [1.54, 1.807) is 12.4 Å². The highest BCUT2D eigenvalue weighted by atomic mass is 15.0. The first-order valence-corrected chi connectivity index (χ1v) is 6.24. The summed E-state index contributed by atoms with van der Waals surface area (Å²) in [5.41, 5.74) is 1.66. The number of amidine groups is 1. The molecule has 1 aromatic rings. The lowest BCUT2D eigenvalue weighted by Gasteiger charge is -2.06. The summed E-state index contributed by atoms with van der Waals surface area (Å²) in [6.07, 6.45) is 13.7. The highest BCUT2D eigenvalue weighted by Crippen LogP contribution is 2.11. The lowest BCUT2D eigenvalue weighted by Crippen LogP contribution is -2.20. The van der Waals surface area contributed by atoms with Crippen molar-refractivity contribution in [2.24, 2.45) is 10.9 Å². The molecular formula is C14H18N4. The number of aliphatic imine (C=N–C) groups is 1. The molecule has 0 aliphatic carbocycles. The fourth-order valence-electron chi connectivity index (χ4n) is 1.70. The number of nitrogens with one attached hydrogen (secondary N) is 1. The predicted octanol–water partition coefficient (Wildman–Crippen LogP) is 2.58. The van der Waals surface area contributed by atoms with Crippen molar-refractivity contribution in [1.29, 1.82) is 0 Å². The lowest BCUT2D eigenvalue weighted by molar-refractivity contribution is 0.636. The van der Waals surface area contributed by atoms with Crippen molar-refractivity contribution < 1.29 is 0 Å². The van der Waals surface area contributed by atoms with Gasteiger partial charge in [-0.15, -0.1) is 0 Å². The van der Waals surface area contributed by atoms with E-state index in [0.717, 1.165) is 30.1 Å². The molecule has 1 aliphatic rings. The minimum absolute atomic E-state index is 0.562. The Morgan fingerprint density at radius 3 is 2.94 bits per heavy atom. The summed E-state index contributed by atoms with van der Waals surface area (Å²) in [5.74, 6) is 1.29. The van der Waals surface area contributed by atoms with E-state index in [-0.39, 0.29) is 0 Å². The zero-order chi connectivity index (χ0) is 12.8. The Morgan fingerprint density at radius 1 is 1.33 bits per heavy atom.